The van der Waals surface area contributed by atoms with Crippen LogP contribution in [0.25, 0.3) is 0 Å². The highest BCUT2D eigenvalue weighted by atomic mass is 35.5. The number of carbonyl (C=O) groups excluding carboxylic acids is 1. The molecular weight excluding hydrogens is 324 g/mol. The summed E-state index contributed by atoms with van der Waals surface area (Å²) in [7, 11) is -3.72. The van der Waals surface area contributed by atoms with Gasteiger partial charge in [-0.25, -0.2) is 8.42 Å². The molecule has 1 aliphatic rings. The van der Waals surface area contributed by atoms with Crippen LogP contribution in [0.5, 0.6) is 0 Å². The van der Waals surface area contributed by atoms with Gasteiger partial charge in [-0.3, -0.25) is 9.80 Å². The molecule has 0 aliphatic carbocycles. The van der Waals surface area contributed by atoms with E-state index in [-0.39, 0.29) is 22.9 Å². The molecule has 0 bridgehead atoms. The molecule has 0 atom stereocenters. The van der Waals surface area contributed by atoms with Gasteiger partial charge in [0.25, 0.3) is 15.9 Å². The van der Waals surface area contributed by atoms with Crippen molar-refractivity contribution >= 4 is 27.5 Å². The Morgan fingerprint density at radius 2 is 1.73 bits per heavy atom. The minimum Gasteiger partial charge on any atom is -0.268 e. The summed E-state index contributed by atoms with van der Waals surface area (Å²) in [5.74, 6) is -0.363. The van der Waals surface area contributed by atoms with Crippen LogP contribution in [0, 0.1) is 0 Å². The number of benzene rings is 2. The van der Waals surface area contributed by atoms with Crippen molar-refractivity contribution in [3.8, 4) is 0 Å². The van der Waals surface area contributed by atoms with Gasteiger partial charge in [0.15, 0.2) is 0 Å². The third-order valence-electron chi connectivity index (χ3n) is 3.45. The van der Waals surface area contributed by atoms with Crippen LogP contribution in [0.1, 0.15) is 15.9 Å². The van der Waals surface area contributed by atoms with Crippen LogP contribution in [0.15, 0.2) is 53.4 Å². The maximum atomic E-state index is 12.4. The second kappa shape index (κ2) is 5.72. The Morgan fingerprint density at radius 3 is 2.50 bits per heavy atom. The van der Waals surface area contributed by atoms with Crippen molar-refractivity contribution in [1.82, 2.24) is 9.84 Å². The van der Waals surface area contributed by atoms with Crippen LogP contribution in [0.3, 0.4) is 0 Å². The van der Waals surface area contributed by atoms with E-state index in [0.29, 0.717) is 11.4 Å². The van der Waals surface area contributed by atoms with E-state index in [0.717, 1.165) is 10.6 Å². The van der Waals surface area contributed by atoms with Crippen molar-refractivity contribution in [2.75, 3.05) is 6.54 Å². The van der Waals surface area contributed by atoms with Crippen molar-refractivity contribution in [2.45, 2.75) is 11.3 Å². The molecule has 7 heteroatoms. The molecule has 0 radical (unpaired) electrons. The number of nitrogens with one attached hydrogen (secondary N) is 1. The van der Waals surface area contributed by atoms with Gasteiger partial charge < -0.3 is 0 Å². The van der Waals surface area contributed by atoms with Crippen LogP contribution in [0.2, 0.25) is 5.02 Å². The first-order valence-corrected chi connectivity index (χ1v) is 8.52. The molecule has 0 fully saturated rings. The van der Waals surface area contributed by atoms with Crippen molar-refractivity contribution in [3.05, 3.63) is 64.7 Å². The fourth-order valence-corrected chi connectivity index (χ4v) is 3.83. The molecule has 0 aromatic heterocycles. The van der Waals surface area contributed by atoms with Crippen molar-refractivity contribution in [2.24, 2.45) is 0 Å². The highest BCUT2D eigenvalue weighted by Gasteiger charge is 2.33. The maximum Gasteiger partial charge on any atom is 0.270 e. The smallest absolute Gasteiger partial charge is 0.268 e. The van der Waals surface area contributed by atoms with E-state index in [1.54, 1.807) is 18.2 Å². The first-order chi connectivity index (χ1) is 10.5. The number of amides is 1. The summed E-state index contributed by atoms with van der Waals surface area (Å²) in [6.45, 7) is 0.204. The Morgan fingerprint density at radius 1 is 1.05 bits per heavy atom. The van der Waals surface area contributed by atoms with Gasteiger partial charge in [0, 0.05) is 11.6 Å². The molecule has 0 spiro atoms. The minimum atomic E-state index is -3.72. The number of hydrogen-bond donors (Lipinski definition) is 1. The fourth-order valence-electron chi connectivity index (χ4n) is 2.34. The molecular formula is C15H13ClN2O3S. The number of sulfonamides is 1. The van der Waals surface area contributed by atoms with Gasteiger partial charge in [-0.05, 0) is 30.2 Å². The average molecular weight is 337 g/mol. The number of nitrogens with zero attached hydrogens (tertiary/aromatic N) is 1. The van der Waals surface area contributed by atoms with Crippen LogP contribution in [-0.4, -0.2) is 25.9 Å². The van der Waals surface area contributed by atoms with Gasteiger partial charge >= 0.3 is 0 Å². The largest absolute Gasteiger partial charge is 0.270 e. The van der Waals surface area contributed by atoms with Crippen LogP contribution in [0.4, 0.5) is 0 Å². The van der Waals surface area contributed by atoms with Gasteiger partial charge in [-0.2, -0.15) is 0 Å². The van der Waals surface area contributed by atoms with Crippen LogP contribution >= 0.6 is 11.6 Å². The van der Waals surface area contributed by atoms with Crippen molar-refractivity contribution in [1.29, 1.82) is 0 Å². The number of hydrogen-bond acceptors (Lipinski definition) is 3. The quantitative estimate of drug-likeness (QED) is 0.934. The summed E-state index contributed by atoms with van der Waals surface area (Å²) in [6, 6.07) is 13.4. The number of rotatable bonds is 3. The second-order valence-corrected chi connectivity index (χ2v) is 6.93. The highest BCUT2D eigenvalue weighted by Crippen LogP contribution is 2.22. The van der Waals surface area contributed by atoms with Gasteiger partial charge in [0.05, 0.1) is 10.5 Å². The van der Waals surface area contributed by atoms with Gasteiger partial charge in [-0.15, -0.1) is 4.83 Å². The maximum absolute atomic E-state index is 12.4. The summed E-state index contributed by atoms with van der Waals surface area (Å²) in [6.07, 6.45) is 0.454. The van der Waals surface area contributed by atoms with Crippen LogP contribution < -0.4 is 4.83 Å². The van der Waals surface area contributed by atoms with Crippen molar-refractivity contribution < 1.29 is 13.2 Å². The Kier molecular flexibility index (Phi) is 3.90. The lowest BCUT2D eigenvalue weighted by atomic mass is 10.1. The summed E-state index contributed by atoms with van der Waals surface area (Å²) >= 11 is 6.07. The molecule has 22 heavy (non-hydrogen) atoms. The van der Waals surface area contributed by atoms with E-state index in [1.807, 2.05) is 18.2 Å². The Bertz CT molecular complexity index is 836. The number of halogens is 1. The monoisotopic (exact) mass is 336 g/mol. The summed E-state index contributed by atoms with van der Waals surface area (Å²) in [4.78, 5) is 14.7. The van der Waals surface area contributed by atoms with E-state index in [2.05, 4.69) is 4.83 Å². The zero-order chi connectivity index (χ0) is 15.7. The number of carbonyl (C=O) groups is 1. The average Bonchev–Trinajstić information content (AvgIpc) is 2.51. The normalized spacial score (nSPS) is 16.4. The predicted molar refractivity (Wildman–Crippen MR) is 83.0 cm³/mol. The Hall–Kier alpha value is -1.89. The van der Waals surface area contributed by atoms with E-state index >= 15 is 0 Å². The molecule has 1 aliphatic heterocycles. The van der Waals surface area contributed by atoms with Gasteiger partial charge in [-0.1, -0.05) is 41.9 Å². The molecule has 5 nitrogen and oxygen atoms in total. The van der Waals surface area contributed by atoms with E-state index in [1.165, 1.54) is 12.1 Å². The standard InChI is InChI=1S/C15H13ClN2O3S/c16-13-7-3-1-5-11(13)9-10-18-15(19)12-6-2-4-8-14(12)22(20,21)17-18/h1-8,17H,9-10H2. The predicted octanol–water partition coefficient (Wildman–Crippen LogP) is 2.23. The molecule has 0 saturated heterocycles. The molecule has 1 amide bonds. The first-order valence-electron chi connectivity index (χ1n) is 6.66. The fraction of sp³-hybridized carbons (Fsp3) is 0.133. The molecule has 2 aromatic rings. The third kappa shape index (κ3) is 2.72. The highest BCUT2D eigenvalue weighted by molar-refractivity contribution is 7.89. The molecule has 3 rings (SSSR count). The lowest BCUT2D eigenvalue weighted by Crippen LogP contribution is -2.51. The topological polar surface area (TPSA) is 66.5 Å². The van der Waals surface area contributed by atoms with E-state index < -0.39 is 10.0 Å². The SMILES string of the molecule is O=C1c2ccccc2S(=O)(=O)NN1CCc1ccccc1Cl. The summed E-state index contributed by atoms with van der Waals surface area (Å²) < 4.78 is 24.4. The third-order valence-corrected chi connectivity index (χ3v) is 5.21. The molecule has 0 unspecified atom stereocenters. The molecule has 1 N–H and O–H groups in total. The lowest BCUT2D eigenvalue weighted by Gasteiger charge is -2.28. The zero-order valence-electron chi connectivity index (χ0n) is 11.5. The van der Waals surface area contributed by atoms with E-state index in [9.17, 15) is 13.2 Å². The molecule has 2 aromatic carbocycles. The van der Waals surface area contributed by atoms with Gasteiger partial charge in [0.2, 0.25) is 0 Å². The first kappa shape index (κ1) is 15.0. The summed E-state index contributed by atoms with van der Waals surface area (Å²) in [5, 5.41) is 1.70. The van der Waals surface area contributed by atoms with Gasteiger partial charge in [0.1, 0.15) is 0 Å². The molecule has 114 valence electrons. The van der Waals surface area contributed by atoms with E-state index in [4.69, 9.17) is 11.6 Å². The minimum absolute atomic E-state index is 0.00833. The molecule has 0 saturated carbocycles. The number of fused-ring (bicyclic) bond motifs is 1. The zero-order valence-corrected chi connectivity index (χ0v) is 13.1. The molecule has 1 heterocycles. The Balaban J connectivity index is 1.85. The Labute approximate surface area is 133 Å². The number of hydrazine groups is 1. The van der Waals surface area contributed by atoms with Crippen LogP contribution in [-0.2, 0) is 16.4 Å². The second-order valence-electron chi connectivity index (χ2n) is 4.89. The summed E-state index contributed by atoms with van der Waals surface area (Å²) in [5.41, 5.74) is 1.04. The van der Waals surface area contributed by atoms with Crippen molar-refractivity contribution in [3.63, 3.8) is 0 Å². The lowest BCUT2D eigenvalue weighted by molar-refractivity contribution is 0.0705.